The van der Waals surface area contributed by atoms with Crippen LogP contribution >= 0.6 is 11.6 Å². The molecule has 0 fully saturated rings. The molecule has 5 heteroatoms. The first-order valence-corrected chi connectivity index (χ1v) is 7.16. The average molecular weight is 305 g/mol. The van der Waals surface area contributed by atoms with Crippen LogP contribution in [0.2, 0.25) is 5.02 Å². The first-order valence-electron chi connectivity index (χ1n) is 6.78. The minimum Gasteiger partial charge on any atom is -0.378 e. The molecule has 0 radical (unpaired) electrons. The van der Waals surface area contributed by atoms with Gasteiger partial charge in [-0.05, 0) is 31.0 Å². The second-order valence-corrected chi connectivity index (χ2v) is 5.35. The number of anilines is 1. The van der Waals surface area contributed by atoms with Crippen molar-refractivity contribution in [2.45, 2.75) is 26.3 Å². The van der Waals surface area contributed by atoms with Crippen LogP contribution in [0.15, 0.2) is 42.5 Å². The summed E-state index contributed by atoms with van der Waals surface area (Å²) >= 11 is 5.83. The zero-order valence-electron chi connectivity index (χ0n) is 12.0. The molecular weight excluding hydrogens is 288 g/mol. The van der Waals surface area contributed by atoms with Gasteiger partial charge in [-0.1, -0.05) is 48.4 Å². The highest BCUT2D eigenvalue weighted by Gasteiger charge is 2.15. The third-order valence-corrected chi connectivity index (χ3v) is 3.69. The van der Waals surface area contributed by atoms with E-state index in [1.807, 2.05) is 6.92 Å². The molecule has 0 bridgehead atoms. The summed E-state index contributed by atoms with van der Waals surface area (Å²) in [4.78, 5) is 10.5. The fourth-order valence-corrected chi connectivity index (χ4v) is 2.35. The Morgan fingerprint density at radius 3 is 2.48 bits per heavy atom. The number of nitrogens with one attached hydrogen (secondary N) is 1. The Labute approximate surface area is 128 Å². The maximum Gasteiger partial charge on any atom is 0.289 e. The fourth-order valence-electron chi connectivity index (χ4n) is 2.16. The Morgan fingerprint density at radius 1 is 1.24 bits per heavy atom. The lowest BCUT2D eigenvalue weighted by Crippen LogP contribution is -2.09. The van der Waals surface area contributed by atoms with Crippen molar-refractivity contribution < 1.29 is 4.92 Å². The largest absolute Gasteiger partial charge is 0.378 e. The van der Waals surface area contributed by atoms with E-state index in [9.17, 15) is 10.1 Å². The average Bonchev–Trinajstić information content (AvgIpc) is 2.47. The molecule has 21 heavy (non-hydrogen) atoms. The molecule has 2 aromatic rings. The van der Waals surface area contributed by atoms with Crippen LogP contribution < -0.4 is 5.32 Å². The summed E-state index contributed by atoms with van der Waals surface area (Å²) in [6, 6.07) is 13.1. The lowest BCUT2D eigenvalue weighted by atomic mass is 10.0. The molecule has 4 nitrogen and oxygen atoms in total. The van der Waals surface area contributed by atoms with Crippen LogP contribution in [0.1, 0.15) is 30.5 Å². The molecule has 0 aliphatic heterocycles. The third kappa shape index (κ3) is 3.73. The van der Waals surface area contributed by atoms with E-state index in [1.165, 1.54) is 11.6 Å². The van der Waals surface area contributed by atoms with Gasteiger partial charge >= 0.3 is 0 Å². The summed E-state index contributed by atoms with van der Waals surface area (Å²) in [7, 11) is 0. The van der Waals surface area contributed by atoms with Crippen LogP contribution in [-0.4, -0.2) is 4.92 Å². The molecule has 0 heterocycles. The van der Waals surface area contributed by atoms with Gasteiger partial charge in [-0.3, -0.25) is 10.1 Å². The summed E-state index contributed by atoms with van der Waals surface area (Å²) in [5.74, 6) is 0. The minimum atomic E-state index is -0.472. The Morgan fingerprint density at radius 2 is 1.90 bits per heavy atom. The molecule has 1 N–H and O–H groups in total. The van der Waals surface area contributed by atoms with Crippen molar-refractivity contribution in [3.05, 3.63) is 68.7 Å². The number of aryl methyl sites for hydroxylation is 1. The predicted octanol–water partition coefficient (Wildman–Crippen LogP) is 5.12. The van der Waals surface area contributed by atoms with Crippen molar-refractivity contribution in [2.75, 3.05) is 5.32 Å². The third-order valence-electron chi connectivity index (χ3n) is 3.37. The fraction of sp³-hybridized carbons (Fsp3) is 0.250. The number of nitrogens with zero attached hydrogens (tertiary/aromatic N) is 1. The first kappa shape index (κ1) is 15.3. The number of benzene rings is 2. The molecule has 0 saturated carbocycles. The van der Waals surface area contributed by atoms with Crippen LogP contribution in [0.5, 0.6) is 0 Å². The van der Waals surface area contributed by atoms with E-state index in [0.29, 0.717) is 5.69 Å². The Kier molecular flexibility index (Phi) is 4.81. The highest BCUT2D eigenvalue weighted by atomic mass is 35.5. The summed E-state index contributed by atoms with van der Waals surface area (Å²) < 4.78 is 0. The van der Waals surface area contributed by atoms with Gasteiger partial charge in [0, 0.05) is 11.8 Å². The van der Waals surface area contributed by atoms with Crippen molar-refractivity contribution >= 4 is 23.0 Å². The van der Waals surface area contributed by atoms with Gasteiger partial charge in [0.05, 0.1) is 11.0 Å². The van der Waals surface area contributed by atoms with Gasteiger partial charge in [0.1, 0.15) is 5.02 Å². The second-order valence-electron chi connectivity index (χ2n) is 4.94. The molecule has 1 unspecified atom stereocenters. The van der Waals surface area contributed by atoms with Crippen molar-refractivity contribution in [3.8, 4) is 0 Å². The summed E-state index contributed by atoms with van der Waals surface area (Å²) in [6.45, 7) is 4.11. The second kappa shape index (κ2) is 6.59. The molecule has 2 rings (SSSR count). The zero-order chi connectivity index (χ0) is 15.4. The van der Waals surface area contributed by atoms with Crippen LogP contribution in [0, 0.1) is 17.0 Å². The number of hydrogen-bond donors (Lipinski definition) is 1. The molecule has 0 saturated heterocycles. The van der Waals surface area contributed by atoms with E-state index < -0.39 is 4.92 Å². The van der Waals surface area contributed by atoms with Crippen molar-refractivity contribution in [1.29, 1.82) is 0 Å². The van der Waals surface area contributed by atoms with Gasteiger partial charge in [0.2, 0.25) is 0 Å². The number of halogens is 1. The molecular formula is C16H17ClN2O2. The summed E-state index contributed by atoms with van der Waals surface area (Å²) in [5, 5.41) is 14.4. The Hall–Kier alpha value is -2.07. The lowest BCUT2D eigenvalue weighted by Gasteiger charge is -2.19. The van der Waals surface area contributed by atoms with Gasteiger partial charge in [0.25, 0.3) is 5.69 Å². The highest BCUT2D eigenvalue weighted by Crippen LogP contribution is 2.30. The molecule has 0 aromatic heterocycles. The zero-order valence-corrected chi connectivity index (χ0v) is 12.7. The van der Waals surface area contributed by atoms with E-state index in [0.717, 1.165) is 12.0 Å². The molecule has 0 aliphatic carbocycles. The van der Waals surface area contributed by atoms with Crippen molar-refractivity contribution in [2.24, 2.45) is 0 Å². The summed E-state index contributed by atoms with van der Waals surface area (Å²) in [5.41, 5.74) is 2.97. The molecule has 0 spiro atoms. The Balaban J connectivity index is 2.24. The van der Waals surface area contributed by atoms with Crippen LogP contribution in [0.4, 0.5) is 11.4 Å². The summed E-state index contributed by atoms with van der Waals surface area (Å²) in [6.07, 6.45) is 0.874. The van der Waals surface area contributed by atoms with Gasteiger partial charge in [-0.25, -0.2) is 0 Å². The van der Waals surface area contributed by atoms with Crippen molar-refractivity contribution in [3.63, 3.8) is 0 Å². The van der Waals surface area contributed by atoms with Crippen LogP contribution in [0.25, 0.3) is 0 Å². The van der Waals surface area contributed by atoms with E-state index in [1.54, 1.807) is 12.1 Å². The molecule has 0 amide bonds. The smallest absolute Gasteiger partial charge is 0.289 e. The SMILES string of the molecule is CCC(Nc1ccc(Cl)c([N+](=O)[O-])c1)c1ccc(C)cc1. The van der Waals surface area contributed by atoms with Crippen molar-refractivity contribution in [1.82, 2.24) is 0 Å². The van der Waals surface area contributed by atoms with E-state index >= 15 is 0 Å². The van der Waals surface area contributed by atoms with E-state index in [-0.39, 0.29) is 16.8 Å². The predicted molar refractivity (Wildman–Crippen MR) is 85.9 cm³/mol. The van der Waals surface area contributed by atoms with Gasteiger partial charge in [-0.15, -0.1) is 0 Å². The standard InChI is InChI=1S/C16H17ClN2O2/c1-3-15(12-6-4-11(2)5-7-12)18-13-8-9-14(17)16(10-13)19(20)21/h4-10,15,18H,3H2,1-2H3. The van der Waals surface area contributed by atoms with Crippen LogP contribution in [-0.2, 0) is 0 Å². The Bertz CT molecular complexity index is 641. The topological polar surface area (TPSA) is 55.2 Å². The lowest BCUT2D eigenvalue weighted by molar-refractivity contribution is -0.384. The highest BCUT2D eigenvalue weighted by molar-refractivity contribution is 6.32. The first-order chi connectivity index (χ1) is 10.0. The minimum absolute atomic E-state index is 0.0829. The van der Waals surface area contributed by atoms with Crippen LogP contribution in [0.3, 0.4) is 0 Å². The number of nitro benzene ring substituents is 1. The maximum absolute atomic E-state index is 10.9. The molecule has 1 atom stereocenters. The van der Waals surface area contributed by atoms with E-state index in [2.05, 4.69) is 36.5 Å². The van der Waals surface area contributed by atoms with Gasteiger partial charge in [0.15, 0.2) is 0 Å². The van der Waals surface area contributed by atoms with Gasteiger partial charge in [-0.2, -0.15) is 0 Å². The van der Waals surface area contributed by atoms with Gasteiger partial charge < -0.3 is 5.32 Å². The monoisotopic (exact) mass is 304 g/mol. The normalized spacial score (nSPS) is 12.0. The molecule has 2 aromatic carbocycles. The number of nitro groups is 1. The molecule has 110 valence electrons. The van der Waals surface area contributed by atoms with E-state index in [4.69, 9.17) is 11.6 Å². The quantitative estimate of drug-likeness (QED) is 0.616. The molecule has 0 aliphatic rings. The number of hydrogen-bond acceptors (Lipinski definition) is 3. The number of rotatable bonds is 5. The maximum atomic E-state index is 10.9.